The van der Waals surface area contributed by atoms with E-state index in [-0.39, 0.29) is 6.04 Å². The third-order valence-electron chi connectivity index (χ3n) is 3.20. The molecule has 0 aliphatic carbocycles. The normalized spacial score (nSPS) is 12.2. The van der Waals surface area contributed by atoms with Gasteiger partial charge in [-0.3, -0.25) is 0 Å². The van der Waals surface area contributed by atoms with Crippen LogP contribution < -0.4 is 11.1 Å². The lowest BCUT2D eigenvalue weighted by molar-refractivity contribution is 0.0602. The standard InChI is InChI=1S/C15H25N3O2/c1-10(2)6-5-7-11(3)18-14-13(16)12(8-9-17-14)15(19)20-4/h8-11H,5-7,16H2,1-4H3,(H,17,18). The zero-order chi connectivity index (χ0) is 15.1. The first-order valence-corrected chi connectivity index (χ1v) is 7.05. The van der Waals surface area contributed by atoms with Crippen LogP contribution >= 0.6 is 0 Å². The predicted molar refractivity (Wildman–Crippen MR) is 81.8 cm³/mol. The molecule has 0 saturated heterocycles. The summed E-state index contributed by atoms with van der Waals surface area (Å²) in [6.07, 6.45) is 4.97. The van der Waals surface area contributed by atoms with Crippen molar-refractivity contribution in [3.05, 3.63) is 17.8 Å². The lowest BCUT2D eigenvalue weighted by Gasteiger charge is -2.17. The second-order valence-corrected chi connectivity index (χ2v) is 5.48. The van der Waals surface area contributed by atoms with Gasteiger partial charge in [-0.2, -0.15) is 0 Å². The van der Waals surface area contributed by atoms with Gasteiger partial charge in [-0.1, -0.05) is 26.7 Å². The van der Waals surface area contributed by atoms with Crippen molar-refractivity contribution < 1.29 is 9.53 Å². The number of pyridine rings is 1. The molecule has 1 heterocycles. The maximum atomic E-state index is 11.6. The number of carbonyl (C=O) groups is 1. The van der Waals surface area contributed by atoms with Crippen molar-refractivity contribution in [2.45, 2.75) is 46.1 Å². The first kappa shape index (κ1) is 16.3. The van der Waals surface area contributed by atoms with E-state index in [9.17, 15) is 4.79 Å². The van der Waals surface area contributed by atoms with Gasteiger partial charge in [0.1, 0.15) is 5.82 Å². The summed E-state index contributed by atoms with van der Waals surface area (Å²) >= 11 is 0. The Morgan fingerprint density at radius 3 is 2.70 bits per heavy atom. The average molecular weight is 279 g/mol. The van der Waals surface area contributed by atoms with Gasteiger partial charge in [0.2, 0.25) is 0 Å². The SMILES string of the molecule is COC(=O)c1ccnc(NC(C)CCCC(C)C)c1N. The number of rotatable bonds is 7. The molecule has 1 aromatic rings. The van der Waals surface area contributed by atoms with Crippen LogP contribution in [0.5, 0.6) is 0 Å². The molecule has 5 nitrogen and oxygen atoms in total. The number of esters is 1. The molecule has 1 atom stereocenters. The number of nitrogens with two attached hydrogens (primary N) is 1. The number of methoxy groups -OCH3 is 1. The minimum Gasteiger partial charge on any atom is -0.465 e. The topological polar surface area (TPSA) is 77.2 Å². The Kier molecular flexibility index (Phi) is 6.28. The third-order valence-corrected chi connectivity index (χ3v) is 3.20. The number of hydrogen-bond acceptors (Lipinski definition) is 5. The van der Waals surface area contributed by atoms with E-state index in [0.29, 0.717) is 23.0 Å². The van der Waals surface area contributed by atoms with Crippen LogP contribution in [0.15, 0.2) is 12.3 Å². The Balaban J connectivity index is 2.65. The van der Waals surface area contributed by atoms with Crippen molar-refractivity contribution in [2.75, 3.05) is 18.2 Å². The predicted octanol–water partition coefficient (Wildman–Crippen LogP) is 3.08. The van der Waals surface area contributed by atoms with Crippen molar-refractivity contribution in [3.63, 3.8) is 0 Å². The van der Waals surface area contributed by atoms with Gasteiger partial charge in [0.15, 0.2) is 0 Å². The Labute approximate surface area is 120 Å². The van der Waals surface area contributed by atoms with Gasteiger partial charge in [-0.05, 0) is 25.3 Å². The van der Waals surface area contributed by atoms with Crippen molar-refractivity contribution in [1.82, 2.24) is 4.98 Å². The number of nitrogens with one attached hydrogen (secondary N) is 1. The van der Waals surface area contributed by atoms with E-state index in [1.54, 1.807) is 12.3 Å². The Morgan fingerprint density at radius 2 is 2.10 bits per heavy atom. The van der Waals surface area contributed by atoms with E-state index in [4.69, 9.17) is 10.5 Å². The Morgan fingerprint density at radius 1 is 1.40 bits per heavy atom. The highest BCUT2D eigenvalue weighted by Gasteiger charge is 2.15. The maximum absolute atomic E-state index is 11.6. The van der Waals surface area contributed by atoms with Crippen molar-refractivity contribution >= 4 is 17.5 Å². The first-order chi connectivity index (χ1) is 9.45. The lowest BCUT2D eigenvalue weighted by Crippen LogP contribution is -2.18. The van der Waals surface area contributed by atoms with Crippen molar-refractivity contribution in [2.24, 2.45) is 5.92 Å². The highest BCUT2D eigenvalue weighted by atomic mass is 16.5. The van der Waals surface area contributed by atoms with Crippen LogP contribution in [-0.4, -0.2) is 24.1 Å². The summed E-state index contributed by atoms with van der Waals surface area (Å²) in [4.78, 5) is 15.8. The molecule has 1 rings (SSSR count). The van der Waals surface area contributed by atoms with E-state index < -0.39 is 5.97 Å². The van der Waals surface area contributed by atoms with E-state index in [2.05, 4.69) is 31.1 Å². The molecule has 3 N–H and O–H groups in total. The number of carbonyl (C=O) groups excluding carboxylic acids is 1. The fraction of sp³-hybridized carbons (Fsp3) is 0.600. The molecule has 1 aromatic heterocycles. The molecule has 0 spiro atoms. The minimum absolute atomic E-state index is 0.261. The van der Waals surface area contributed by atoms with Crippen LogP contribution in [0, 0.1) is 5.92 Å². The molecule has 5 heteroatoms. The van der Waals surface area contributed by atoms with Crippen molar-refractivity contribution in [3.8, 4) is 0 Å². The van der Waals surface area contributed by atoms with Gasteiger partial charge in [0.25, 0.3) is 0 Å². The summed E-state index contributed by atoms with van der Waals surface area (Å²) in [5, 5.41) is 3.26. The van der Waals surface area contributed by atoms with Crippen LogP contribution in [0.2, 0.25) is 0 Å². The average Bonchev–Trinajstić information content (AvgIpc) is 2.40. The van der Waals surface area contributed by atoms with Gasteiger partial charge in [0.05, 0.1) is 18.4 Å². The summed E-state index contributed by atoms with van der Waals surface area (Å²) < 4.78 is 4.69. The van der Waals surface area contributed by atoms with Gasteiger partial charge < -0.3 is 15.8 Å². The Hall–Kier alpha value is -1.78. The van der Waals surface area contributed by atoms with Gasteiger partial charge in [0, 0.05) is 12.2 Å². The monoisotopic (exact) mass is 279 g/mol. The molecule has 0 radical (unpaired) electrons. The van der Waals surface area contributed by atoms with E-state index in [1.807, 2.05) is 0 Å². The summed E-state index contributed by atoms with van der Waals surface area (Å²) in [6, 6.07) is 1.83. The van der Waals surface area contributed by atoms with Crippen LogP contribution in [0.25, 0.3) is 0 Å². The van der Waals surface area contributed by atoms with Gasteiger partial charge >= 0.3 is 5.97 Å². The van der Waals surface area contributed by atoms with Crippen molar-refractivity contribution in [1.29, 1.82) is 0 Å². The van der Waals surface area contributed by atoms with Crippen LogP contribution in [0.4, 0.5) is 11.5 Å². The molecule has 0 aliphatic heterocycles. The summed E-state index contributed by atoms with van der Waals surface area (Å²) in [7, 11) is 1.34. The van der Waals surface area contributed by atoms with E-state index in [0.717, 1.165) is 12.8 Å². The second-order valence-electron chi connectivity index (χ2n) is 5.48. The Bertz CT molecular complexity index is 447. The number of anilines is 2. The molecule has 0 aliphatic rings. The van der Waals surface area contributed by atoms with E-state index in [1.165, 1.54) is 13.5 Å². The molecule has 1 unspecified atom stereocenters. The smallest absolute Gasteiger partial charge is 0.340 e. The van der Waals surface area contributed by atoms with Gasteiger partial charge in [-0.25, -0.2) is 9.78 Å². The molecule has 0 saturated carbocycles. The number of hydrogen-bond donors (Lipinski definition) is 2. The first-order valence-electron chi connectivity index (χ1n) is 7.05. The third kappa shape index (κ3) is 4.72. The summed E-state index contributed by atoms with van der Waals surface area (Å²) in [5.74, 6) is 0.818. The highest BCUT2D eigenvalue weighted by Crippen LogP contribution is 2.22. The van der Waals surface area contributed by atoms with Gasteiger partial charge in [-0.15, -0.1) is 0 Å². The summed E-state index contributed by atoms with van der Waals surface area (Å²) in [5.41, 5.74) is 6.65. The molecule has 112 valence electrons. The van der Waals surface area contributed by atoms with Crippen LogP contribution in [0.3, 0.4) is 0 Å². The molecular weight excluding hydrogens is 254 g/mol. The molecule has 0 amide bonds. The molecule has 0 fully saturated rings. The largest absolute Gasteiger partial charge is 0.465 e. The lowest BCUT2D eigenvalue weighted by atomic mass is 10.0. The molecular formula is C15H25N3O2. The zero-order valence-corrected chi connectivity index (χ0v) is 12.8. The number of ether oxygens (including phenoxy) is 1. The number of aromatic nitrogens is 1. The fourth-order valence-electron chi connectivity index (χ4n) is 2.01. The maximum Gasteiger partial charge on any atom is 0.340 e. The number of nitrogen functional groups attached to an aromatic ring is 1. The zero-order valence-electron chi connectivity index (χ0n) is 12.8. The quantitative estimate of drug-likeness (QED) is 0.750. The summed E-state index contributed by atoms with van der Waals surface area (Å²) in [6.45, 7) is 6.53. The van der Waals surface area contributed by atoms with E-state index >= 15 is 0 Å². The van der Waals surface area contributed by atoms with Crippen LogP contribution in [-0.2, 0) is 4.74 Å². The molecule has 0 bridgehead atoms. The number of nitrogens with zero attached hydrogens (tertiary/aromatic N) is 1. The fourth-order valence-corrected chi connectivity index (χ4v) is 2.01. The van der Waals surface area contributed by atoms with Crippen LogP contribution in [0.1, 0.15) is 50.4 Å². The highest BCUT2D eigenvalue weighted by molar-refractivity contribution is 5.97. The molecule has 0 aromatic carbocycles. The second kappa shape index (κ2) is 7.72. The minimum atomic E-state index is -0.444. The molecule has 20 heavy (non-hydrogen) atoms.